The van der Waals surface area contributed by atoms with E-state index in [-0.39, 0.29) is 11.1 Å². The predicted octanol–water partition coefficient (Wildman–Crippen LogP) is 3.87. The molecule has 0 atom stereocenters. The van der Waals surface area contributed by atoms with Crippen LogP contribution in [0.5, 0.6) is 0 Å². The number of aromatic carboxylic acids is 2. The first-order valence-corrected chi connectivity index (χ1v) is 7.71. The SMILES string of the molecule is Cc1cc(Cc2cc(C)c(S)c(C(=O)O)c2)cc(C(=O)O)c1S. The molecule has 4 nitrogen and oxygen atoms in total. The number of carboxylic acid groups (broad SMARTS) is 2. The van der Waals surface area contributed by atoms with E-state index in [4.69, 9.17) is 0 Å². The van der Waals surface area contributed by atoms with Gasteiger partial charge in [0.15, 0.2) is 0 Å². The summed E-state index contributed by atoms with van der Waals surface area (Å²) in [5.74, 6) is -2.07. The van der Waals surface area contributed by atoms with Gasteiger partial charge in [-0.05, 0) is 54.7 Å². The summed E-state index contributed by atoms with van der Waals surface area (Å²) in [6.07, 6.45) is 0.435. The lowest BCUT2D eigenvalue weighted by Gasteiger charge is -2.11. The second-order valence-corrected chi connectivity index (χ2v) is 6.30. The molecule has 2 rings (SSSR count). The van der Waals surface area contributed by atoms with E-state index in [9.17, 15) is 19.8 Å². The van der Waals surface area contributed by atoms with Crippen LogP contribution in [0, 0.1) is 13.8 Å². The lowest BCUT2D eigenvalue weighted by atomic mass is 9.97. The van der Waals surface area contributed by atoms with Crippen molar-refractivity contribution in [2.75, 3.05) is 0 Å². The van der Waals surface area contributed by atoms with Crippen LogP contribution >= 0.6 is 25.3 Å². The van der Waals surface area contributed by atoms with Crippen molar-refractivity contribution in [2.24, 2.45) is 0 Å². The Hall–Kier alpha value is -1.92. The normalized spacial score (nSPS) is 10.6. The van der Waals surface area contributed by atoms with Crippen LogP contribution < -0.4 is 0 Å². The quantitative estimate of drug-likeness (QED) is 0.633. The van der Waals surface area contributed by atoms with Crippen molar-refractivity contribution < 1.29 is 19.8 Å². The number of hydrogen-bond donors (Lipinski definition) is 4. The Morgan fingerprint density at radius 2 is 1.17 bits per heavy atom. The second-order valence-electron chi connectivity index (χ2n) is 5.40. The molecule has 0 saturated heterocycles. The largest absolute Gasteiger partial charge is 0.478 e. The first-order valence-electron chi connectivity index (χ1n) is 6.82. The highest BCUT2D eigenvalue weighted by molar-refractivity contribution is 7.80. The number of carboxylic acids is 2. The van der Waals surface area contributed by atoms with E-state index in [2.05, 4.69) is 25.3 Å². The number of hydrogen-bond acceptors (Lipinski definition) is 4. The highest BCUT2D eigenvalue weighted by atomic mass is 32.1. The number of carbonyl (C=O) groups is 2. The predicted molar refractivity (Wildman–Crippen MR) is 93.6 cm³/mol. The monoisotopic (exact) mass is 348 g/mol. The zero-order valence-corrected chi connectivity index (χ0v) is 14.4. The molecule has 0 spiro atoms. The molecule has 0 radical (unpaired) electrons. The molecule has 0 amide bonds. The molecule has 0 bridgehead atoms. The summed E-state index contributed by atoms with van der Waals surface area (Å²) in [5, 5.41) is 18.5. The van der Waals surface area contributed by atoms with Gasteiger partial charge in [0.2, 0.25) is 0 Å². The molecule has 23 heavy (non-hydrogen) atoms. The van der Waals surface area contributed by atoms with E-state index in [1.807, 2.05) is 12.1 Å². The molecule has 6 heteroatoms. The van der Waals surface area contributed by atoms with Gasteiger partial charge in [-0.1, -0.05) is 12.1 Å². The summed E-state index contributed by atoms with van der Waals surface area (Å²) in [6, 6.07) is 6.86. The van der Waals surface area contributed by atoms with Crippen LogP contribution in [0.25, 0.3) is 0 Å². The molecule has 0 aliphatic heterocycles. The molecule has 0 heterocycles. The van der Waals surface area contributed by atoms with Crippen molar-refractivity contribution in [3.05, 3.63) is 57.6 Å². The third-order valence-corrected chi connectivity index (χ3v) is 4.78. The smallest absolute Gasteiger partial charge is 0.336 e. The lowest BCUT2D eigenvalue weighted by Crippen LogP contribution is -2.04. The van der Waals surface area contributed by atoms with Crippen molar-refractivity contribution in [2.45, 2.75) is 30.1 Å². The zero-order valence-electron chi connectivity index (χ0n) is 12.6. The molecule has 0 fully saturated rings. The van der Waals surface area contributed by atoms with E-state index in [1.54, 1.807) is 26.0 Å². The molecule has 2 aromatic rings. The molecule has 0 aliphatic carbocycles. The number of aryl methyl sites for hydroxylation is 2. The molecule has 0 aromatic heterocycles. The van der Waals surface area contributed by atoms with Gasteiger partial charge < -0.3 is 10.2 Å². The third-order valence-electron chi connectivity index (χ3n) is 3.59. The topological polar surface area (TPSA) is 74.6 Å². The van der Waals surface area contributed by atoms with Crippen molar-refractivity contribution in [1.82, 2.24) is 0 Å². The fourth-order valence-electron chi connectivity index (χ4n) is 2.47. The van der Waals surface area contributed by atoms with Gasteiger partial charge in [0, 0.05) is 9.79 Å². The minimum absolute atomic E-state index is 0.143. The summed E-state index contributed by atoms with van der Waals surface area (Å²) in [6.45, 7) is 3.59. The van der Waals surface area contributed by atoms with Gasteiger partial charge in [-0.2, -0.15) is 0 Å². The summed E-state index contributed by atoms with van der Waals surface area (Å²) in [5.41, 5.74) is 3.41. The Labute approximate surface area is 145 Å². The minimum atomic E-state index is -1.03. The fourth-order valence-corrected chi connectivity index (χ4v) is 2.92. The van der Waals surface area contributed by atoms with Crippen molar-refractivity contribution in [3.8, 4) is 0 Å². The first-order chi connectivity index (χ1) is 10.7. The molecule has 120 valence electrons. The van der Waals surface area contributed by atoms with Gasteiger partial charge in [-0.3, -0.25) is 0 Å². The van der Waals surface area contributed by atoms with Crippen LogP contribution in [0.1, 0.15) is 43.0 Å². The van der Waals surface area contributed by atoms with Crippen LogP contribution in [-0.2, 0) is 6.42 Å². The Bertz CT molecular complexity index is 745. The van der Waals surface area contributed by atoms with E-state index in [0.717, 1.165) is 22.3 Å². The van der Waals surface area contributed by atoms with Gasteiger partial charge in [-0.15, -0.1) is 25.3 Å². The Balaban J connectivity index is 2.48. The molecule has 2 N–H and O–H groups in total. The molecular formula is C17H16O4S2. The third kappa shape index (κ3) is 3.71. The summed E-state index contributed by atoms with van der Waals surface area (Å²) in [7, 11) is 0. The van der Waals surface area contributed by atoms with Crippen LogP contribution in [0.3, 0.4) is 0 Å². The van der Waals surface area contributed by atoms with Gasteiger partial charge in [0.25, 0.3) is 0 Å². The first kappa shape index (κ1) is 17.4. The second kappa shape index (κ2) is 6.68. The van der Waals surface area contributed by atoms with E-state index in [0.29, 0.717) is 16.2 Å². The highest BCUT2D eigenvalue weighted by Crippen LogP contribution is 2.26. The van der Waals surface area contributed by atoms with Crippen LogP contribution in [-0.4, -0.2) is 22.2 Å². The average Bonchev–Trinajstić information content (AvgIpc) is 2.45. The Morgan fingerprint density at radius 1 is 0.826 bits per heavy atom. The van der Waals surface area contributed by atoms with Crippen LogP contribution in [0.2, 0.25) is 0 Å². The number of benzene rings is 2. The fraction of sp³-hybridized carbons (Fsp3) is 0.176. The highest BCUT2D eigenvalue weighted by Gasteiger charge is 2.14. The maximum atomic E-state index is 11.3. The minimum Gasteiger partial charge on any atom is -0.478 e. The molecule has 0 saturated carbocycles. The van der Waals surface area contributed by atoms with E-state index in [1.165, 1.54) is 0 Å². The molecule has 0 unspecified atom stereocenters. The molecule has 0 aliphatic rings. The van der Waals surface area contributed by atoms with Crippen molar-refractivity contribution in [3.63, 3.8) is 0 Å². The van der Waals surface area contributed by atoms with Crippen LogP contribution in [0.4, 0.5) is 0 Å². The number of thiol groups is 2. The van der Waals surface area contributed by atoms with Gasteiger partial charge in [0.05, 0.1) is 11.1 Å². The summed E-state index contributed by atoms with van der Waals surface area (Å²) in [4.78, 5) is 23.4. The Morgan fingerprint density at radius 3 is 1.48 bits per heavy atom. The lowest BCUT2D eigenvalue weighted by molar-refractivity contribution is 0.0682. The Kier molecular flexibility index (Phi) is 5.06. The van der Waals surface area contributed by atoms with E-state index >= 15 is 0 Å². The maximum absolute atomic E-state index is 11.3. The van der Waals surface area contributed by atoms with Gasteiger partial charge in [-0.25, -0.2) is 9.59 Å². The molecular weight excluding hydrogens is 332 g/mol. The van der Waals surface area contributed by atoms with Crippen molar-refractivity contribution >= 4 is 37.2 Å². The summed E-state index contributed by atoms with van der Waals surface area (Å²) < 4.78 is 0. The van der Waals surface area contributed by atoms with Gasteiger partial charge >= 0.3 is 11.9 Å². The van der Waals surface area contributed by atoms with Crippen molar-refractivity contribution in [1.29, 1.82) is 0 Å². The maximum Gasteiger partial charge on any atom is 0.336 e. The number of rotatable bonds is 4. The van der Waals surface area contributed by atoms with Gasteiger partial charge in [0.1, 0.15) is 0 Å². The average molecular weight is 348 g/mol. The standard InChI is InChI=1S/C17H16O4S2/c1-8-3-10(6-12(14(8)22)16(18)19)5-11-4-9(2)15(23)13(7-11)17(20)21/h3-4,6-7,22-23H,5H2,1-2H3,(H,18,19)(H,20,21). The van der Waals surface area contributed by atoms with E-state index < -0.39 is 11.9 Å². The zero-order chi connectivity index (χ0) is 17.3. The van der Waals surface area contributed by atoms with Crippen LogP contribution in [0.15, 0.2) is 34.1 Å². The molecule has 2 aromatic carbocycles. The summed E-state index contributed by atoms with van der Waals surface area (Å²) >= 11 is 8.46.